The molecular formula is C20H21N3O3S. The number of sulfonamides is 1. The molecule has 2 aromatic carbocycles. The molecule has 1 aromatic heterocycles. The predicted molar refractivity (Wildman–Crippen MR) is 105 cm³/mol. The van der Waals surface area contributed by atoms with Gasteiger partial charge in [0.15, 0.2) is 0 Å². The first kappa shape index (κ1) is 17.9. The Kier molecular flexibility index (Phi) is 4.57. The molecule has 6 nitrogen and oxygen atoms in total. The Morgan fingerprint density at radius 1 is 0.963 bits per heavy atom. The maximum Gasteiger partial charge on any atom is 0.274 e. The first-order valence-electron chi connectivity index (χ1n) is 9.10. The van der Waals surface area contributed by atoms with Crippen LogP contribution in [0.3, 0.4) is 0 Å². The largest absolute Gasteiger partial charge is 0.274 e. The average Bonchev–Trinajstić information content (AvgIpc) is 2.69. The Hall–Kier alpha value is -2.51. The van der Waals surface area contributed by atoms with E-state index in [0.29, 0.717) is 22.0 Å². The van der Waals surface area contributed by atoms with Crippen LogP contribution in [-0.2, 0) is 10.0 Å². The van der Waals surface area contributed by atoms with Crippen molar-refractivity contribution < 1.29 is 8.42 Å². The SMILES string of the molecule is NS(=O)(=O)c1cccc(-c2nn(C3CCCCC3)c(=O)c3ccccc23)c1. The molecule has 0 aliphatic heterocycles. The molecule has 2 N–H and O–H groups in total. The molecule has 1 fully saturated rings. The van der Waals surface area contributed by atoms with Gasteiger partial charge in [0.1, 0.15) is 0 Å². The molecule has 0 spiro atoms. The fourth-order valence-electron chi connectivity index (χ4n) is 3.81. The van der Waals surface area contributed by atoms with Crippen LogP contribution in [0.2, 0.25) is 0 Å². The number of primary sulfonamides is 1. The number of rotatable bonds is 3. The van der Waals surface area contributed by atoms with Crippen LogP contribution in [0.15, 0.2) is 58.2 Å². The molecule has 140 valence electrons. The molecule has 0 atom stereocenters. The fraction of sp³-hybridized carbons (Fsp3) is 0.300. The van der Waals surface area contributed by atoms with Crippen molar-refractivity contribution in [3.8, 4) is 11.3 Å². The smallest absolute Gasteiger partial charge is 0.267 e. The standard InChI is InChI=1S/C20H21N3O3S/c21-27(25,26)16-10-6-7-14(13-16)19-17-11-4-5-12-18(17)20(24)23(22-19)15-8-2-1-3-9-15/h4-7,10-13,15H,1-3,8-9H2,(H2,21,25,26). The van der Waals surface area contributed by atoms with Gasteiger partial charge < -0.3 is 0 Å². The highest BCUT2D eigenvalue weighted by molar-refractivity contribution is 7.89. The third-order valence-corrected chi connectivity index (χ3v) is 6.10. The Labute approximate surface area is 157 Å². The summed E-state index contributed by atoms with van der Waals surface area (Å²) in [6.45, 7) is 0. The van der Waals surface area contributed by atoms with Gasteiger partial charge in [-0.15, -0.1) is 0 Å². The van der Waals surface area contributed by atoms with Gasteiger partial charge in [-0.1, -0.05) is 49.6 Å². The third-order valence-electron chi connectivity index (χ3n) is 5.18. The number of nitrogens with zero attached hydrogens (tertiary/aromatic N) is 2. The minimum absolute atomic E-state index is 0.0290. The molecule has 1 heterocycles. The maximum absolute atomic E-state index is 13.0. The number of hydrogen-bond acceptors (Lipinski definition) is 4. The molecule has 27 heavy (non-hydrogen) atoms. The summed E-state index contributed by atoms with van der Waals surface area (Å²) in [5, 5.41) is 11.3. The second-order valence-corrected chi connectivity index (χ2v) is 8.57. The monoisotopic (exact) mass is 383 g/mol. The third kappa shape index (κ3) is 3.40. The second kappa shape index (κ2) is 6.90. The fourth-order valence-corrected chi connectivity index (χ4v) is 4.37. The van der Waals surface area contributed by atoms with Gasteiger partial charge in [-0.3, -0.25) is 4.79 Å². The van der Waals surface area contributed by atoms with Crippen molar-refractivity contribution in [1.29, 1.82) is 0 Å². The molecule has 3 aromatic rings. The Morgan fingerprint density at radius 3 is 2.37 bits per heavy atom. The van der Waals surface area contributed by atoms with Crippen LogP contribution in [-0.4, -0.2) is 18.2 Å². The summed E-state index contributed by atoms with van der Waals surface area (Å²) >= 11 is 0. The van der Waals surface area contributed by atoms with E-state index >= 15 is 0 Å². The lowest BCUT2D eigenvalue weighted by molar-refractivity contribution is 0.321. The Morgan fingerprint density at radius 2 is 1.67 bits per heavy atom. The van der Waals surface area contributed by atoms with Crippen LogP contribution < -0.4 is 10.7 Å². The first-order chi connectivity index (χ1) is 12.9. The first-order valence-corrected chi connectivity index (χ1v) is 10.6. The molecule has 1 aliphatic carbocycles. The van der Waals surface area contributed by atoms with E-state index in [1.54, 1.807) is 22.9 Å². The summed E-state index contributed by atoms with van der Waals surface area (Å²) in [6, 6.07) is 13.8. The normalized spacial score (nSPS) is 15.9. The van der Waals surface area contributed by atoms with Crippen molar-refractivity contribution in [2.24, 2.45) is 5.14 Å². The van der Waals surface area contributed by atoms with Crippen LogP contribution in [0.4, 0.5) is 0 Å². The highest BCUT2D eigenvalue weighted by Gasteiger charge is 2.21. The van der Waals surface area contributed by atoms with E-state index in [1.165, 1.54) is 18.6 Å². The number of aromatic nitrogens is 2. The summed E-state index contributed by atoms with van der Waals surface area (Å²) < 4.78 is 25.1. The van der Waals surface area contributed by atoms with Crippen molar-refractivity contribution >= 4 is 20.8 Å². The number of nitrogens with two attached hydrogens (primary N) is 1. The predicted octanol–water partition coefficient (Wildman–Crippen LogP) is 3.22. The molecule has 0 amide bonds. The second-order valence-electron chi connectivity index (χ2n) is 7.01. The molecule has 0 unspecified atom stereocenters. The number of fused-ring (bicyclic) bond motifs is 1. The van der Waals surface area contributed by atoms with Crippen LogP contribution in [0.25, 0.3) is 22.0 Å². The van der Waals surface area contributed by atoms with Crippen LogP contribution in [0.1, 0.15) is 38.1 Å². The van der Waals surface area contributed by atoms with E-state index in [9.17, 15) is 13.2 Å². The van der Waals surface area contributed by atoms with Gasteiger partial charge in [-0.25, -0.2) is 18.2 Å². The zero-order chi connectivity index (χ0) is 19.0. The van der Waals surface area contributed by atoms with E-state index in [4.69, 9.17) is 5.14 Å². The van der Waals surface area contributed by atoms with Gasteiger partial charge in [0.05, 0.1) is 22.0 Å². The zero-order valence-electron chi connectivity index (χ0n) is 14.8. The van der Waals surface area contributed by atoms with E-state index < -0.39 is 10.0 Å². The van der Waals surface area contributed by atoms with Crippen LogP contribution in [0, 0.1) is 0 Å². The molecule has 7 heteroatoms. The Balaban J connectivity index is 1.97. The molecule has 0 saturated heterocycles. The Bertz CT molecular complexity index is 1160. The van der Waals surface area contributed by atoms with E-state index in [1.807, 2.05) is 18.2 Å². The van der Waals surface area contributed by atoms with Crippen molar-refractivity contribution in [2.45, 2.75) is 43.0 Å². The van der Waals surface area contributed by atoms with Crippen molar-refractivity contribution in [3.05, 3.63) is 58.9 Å². The van der Waals surface area contributed by atoms with Gasteiger partial charge in [-0.05, 0) is 31.0 Å². The zero-order valence-corrected chi connectivity index (χ0v) is 15.7. The topological polar surface area (TPSA) is 95.1 Å². The quantitative estimate of drug-likeness (QED) is 0.751. The van der Waals surface area contributed by atoms with Crippen molar-refractivity contribution in [1.82, 2.24) is 9.78 Å². The van der Waals surface area contributed by atoms with E-state index in [2.05, 4.69) is 5.10 Å². The number of hydrogen-bond donors (Lipinski definition) is 1. The van der Waals surface area contributed by atoms with Gasteiger partial charge in [0, 0.05) is 10.9 Å². The lowest BCUT2D eigenvalue weighted by atomic mass is 9.95. The minimum Gasteiger partial charge on any atom is -0.267 e. The summed E-state index contributed by atoms with van der Waals surface area (Å²) in [4.78, 5) is 13.1. The molecule has 0 bridgehead atoms. The van der Waals surface area contributed by atoms with Crippen molar-refractivity contribution in [2.75, 3.05) is 0 Å². The van der Waals surface area contributed by atoms with Gasteiger partial charge >= 0.3 is 0 Å². The molecule has 1 aliphatic rings. The van der Waals surface area contributed by atoms with E-state index in [-0.39, 0.29) is 16.5 Å². The van der Waals surface area contributed by atoms with Gasteiger partial charge in [0.25, 0.3) is 5.56 Å². The molecule has 0 radical (unpaired) electrons. The van der Waals surface area contributed by atoms with Gasteiger partial charge in [-0.2, -0.15) is 5.10 Å². The van der Waals surface area contributed by atoms with E-state index in [0.717, 1.165) is 25.7 Å². The lowest BCUT2D eigenvalue weighted by Crippen LogP contribution is -2.29. The van der Waals surface area contributed by atoms with Gasteiger partial charge in [0.2, 0.25) is 10.0 Å². The maximum atomic E-state index is 13.0. The van der Waals surface area contributed by atoms with Crippen LogP contribution >= 0.6 is 0 Å². The summed E-state index contributed by atoms with van der Waals surface area (Å²) in [6.07, 6.45) is 5.22. The molecule has 1 saturated carbocycles. The summed E-state index contributed by atoms with van der Waals surface area (Å²) in [5.74, 6) is 0. The van der Waals surface area contributed by atoms with Crippen LogP contribution in [0.5, 0.6) is 0 Å². The molecule has 4 rings (SSSR count). The average molecular weight is 383 g/mol. The highest BCUT2D eigenvalue weighted by Crippen LogP contribution is 2.30. The lowest BCUT2D eigenvalue weighted by Gasteiger charge is -2.24. The summed E-state index contributed by atoms with van der Waals surface area (Å²) in [5.41, 5.74) is 1.13. The minimum atomic E-state index is -3.82. The highest BCUT2D eigenvalue weighted by atomic mass is 32.2. The van der Waals surface area contributed by atoms with Crippen molar-refractivity contribution in [3.63, 3.8) is 0 Å². The summed E-state index contributed by atoms with van der Waals surface area (Å²) in [7, 11) is -3.82. The molecular weight excluding hydrogens is 362 g/mol. The number of benzene rings is 2.